The number of halogens is 3. The summed E-state index contributed by atoms with van der Waals surface area (Å²) in [5, 5.41) is 11.9. The van der Waals surface area contributed by atoms with Crippen LogP contribution in [-0.4, -0.2) is 6.04 Å². The second-order valence-corrected chi connectivity index (χ2v) is 6.30. The number of nitriles is 1. The van der Waals surface area contributed by atoms with E-state index in [4.69, 9.17) is 5.26 Å². The van der Waals surface area contributed by atoms with E-state index in [-0.39, 0.29) is 22.7 Å². The number of rotatable bonds is 2. The summed E-state index contributed by atoms with van der Waals surface area (Å²) in [6, 6.07) is 5.48. The van der Waals surface area contributed by atoms with E-state index in [1.165, 1.54) is 12.1 Å². The molecule has 0 radical (unpaired) electrons. The summed E-state index contributed by atoms with van der Waals surface area (Å²) in [6.45, 7) is 4.17. The summed E-state index contributed by atoms with van der Waals surface area (Å²) in [5.74, 6) is 0. The number of hydrogen-bond donors (Lipinski definition) is 1. The third-order valence-electron chi connectivity index (χ3n) is 4.29. The van der Waals surface area contributed by atoms with E-state index in [2.05, 4.69) is 19.2 Å². The maximum absolute atomic E-state index is 13.2. The highest BCUT2D eigenvalue weighted by Gasteiger charge is 2.37. The van der Waals surface area contributed by atoms with Gasteiger partial charge in [0.15, 0.2) is 0 Å². The van der Waals surface area contributed by atoms with Gasteiger partial charge in [0.05, 0.1) is 17.2 Å². The first-order valence-electron chi connectivity index (χ1n) is 7.12. The Morgan fingerprint density at radius 2 is 2.00 bits per heavy atom. The summed E-state index contributed by atoms with van der Waals surface area (Å²) in [4.78, 5) is 0. The van der Waals surface area contributed by atoms with Crippen molar-refractivity contribution in [2.45, 2.75) is 51.7 Å². The predicted octanol–water partition coefficient (Wildman–Crippen LogP) is 4.96. The highest BCUT2D eigenvalue weighted by Crippen LogP contribution is 2.40. The molecule has 1 atom stereocenters. The van der Waals surface area contributed by atoms with Crippen LogP contribution in [-0.2, 0) is 6.18 Å². The van der Waals surface area contributed by atoms with Gasteiger partial charge in [0, 0.05) is 11.7 Å². The molecule has 1 aliphatic rings. The summed E-state index contributed by atoms with van der Waals surface area (Å²) in [7, 11) is 0. The third-order valence-corrected chi connectivity index (χ3v) is 4.29. The largest absolute Gasteiger partial charge is 0.418 e. The van der Waals surface area contributed by atoms with E-state index in [1.807, 2.05) is 0 Å². The summed E-state index contributed by atoms with van der Waals surface area (Å²) in [5.41, 5.74) is -0.699. The Kier molecular flexibility index (Phi) is 4.18. The predicted molar refractivity (Wildman–Crippen MR) is 75.8 cm³/mol. The first-order valence-corrected chi connectivity index (χ1v) is 7.12. The zero-order valence-electron chi connectivity index (χ0n) is 12.2. The molecule has 1 aromatic rings. The molecule has 1 aliphatic carbocycles. The molecule has 21 heavy (non-hydrogen) atoms. The van der Waals surface area contributed by atoms with Crippen LogP contribution in [0.5, 0.6) is 0 Å². The van der Waals surface area contributed by atoms with Crippen LogP contribution in [0.4, 0.5) is 18.9 Å². The number of benzene rings is 1. The first-order chi connectivity index (χ1) is 9.74. The minimum atomic E-state index is -4.46. The molecule has 5 heteroatoms. The Balaban J connectivity index is 2.33. The highest BCUT2D eigenvalue weighted by atomic mass is 19.4. The number of nitrogens with zero attached hydrogens (tertiary/aromatic N) is 1. The third kappa shape index (κ3) is 3.49. The van der Waals surface area contributed by atoms with Crippen molar-refractivity contribution in [1.82, 2.24) is 0 Å². The highest BCUT2D eigenvalue weighted by molar-refractivity contribution is 5.57. The molecule has 114 valence electrons. The molecule has 0 heterocycles. The van der Waals surface area contributed by atoms with Crippen molar-refractivity contribution < 1.29 is 13.2 Å². The smallest absolute Gasteiger partial charge is 0.381 e. The average molecular weight is 296 g/mol. The topological polar surface area (TPSA) is 35.8 Å². The van der Waals surface area contributed by atoms with Crippen LogP contribution < -0.4 is 5.32 Å². The molecule has 1 saturated carbocycles. The Bertz CT molecular complexity index is 556. The van der Waals surface area contributed by atoms with Crippen molar-refractivity contribution in [3.05, 3.63) is 29.3 Å². The molecule has 2 nitrogen and oxygen atoms in total. The van der Waals surface area contributed by atoms with E-state index in [0.717, 1.165) is 31.7 Å². The van der Waals surface area contributed by atoms with Gasteiger partial charge in [-0.25, -0.2) is 0 Å². The first kappa shape index (κ1) is 15.7. The van der Waals surface area contributed by atoms with E-state index >= 15 is 0 Å². The van der Waals surface area contributed by atoms with Crippen LogP contribution in [0.1, 0.15) is 50.7 Å². The Morgan fingerprint density at radius 1 is 1.29 bits per heavy atom. The Hall–Kier alpha value is -1.70. The minimum absolute atomic E-state index is 0.0142. The summed E-state index contributed by atoms with van der Waals surface area (Å²) >= 11 is 0. The number of hydrogen-bond acceptors (Lipinski definition) is 2. The zero-order valence-corrected chi connectivity index (χ0v) is 12.2. The fourth-order valence-electron chi connectivity index (χ4n) is 2.92. The van der Waals surface area contributed by atoms with Crippen LogP contribution in [0.15, 0.2) is 18.2 Å². The quantitative estimate of drug-likeness (QED) is 0.837. The van der Waals surface area contributed by atoms with Gasteiger partial charge < -0.3 is 5.32 Å². The van der Waals surface area contributed by atoms with Crippen molar-refractivity contribution in [3.8, 4) is 6.07 Å². The molecule has 1 N–H and O–H groups in total. The summed E-state index contributed by atoms with van der Waals surface area (Å²) in [6.07, 6.45) is -0.454. The van der Waals surface area contributed by atoms with Crippen LogP contribution >= 0.6 is 0 Å². The Morgan fingerprint density at radius 3 is 2.57 bits per heavy atom. The molecule has 0 saturated heterocycles. The van der Waals surface area contributed by atoms with E-state index in [9.17, 15) is 13.2 Å². The fourth-order valence-corrected chi connectivity index (χ4v) is 2.92. The molecule has 1 unspecified atom stereocenters. The van der Waals surface area contributed by atoms with Crippen molar-refractivity contribution in [2.75, 3.05) is 5.32 Å². The van der Waals surface area contributed by atoms with Gasteiger partial charge >= 0.3 is 6.18 Å². The van der Waals surface area contributed by atoms with Gasteiger partial charge in [-0.1, -0.05) is 26.7 Å². The molecule has 1 fully saturated rings. The lowest BCUT2D eigenvalue weighted by molar-refractivity contribution is -0.137. The molecule has 0 amide bonds. The van der Waals surface area contributed by atoms with Gasteiger partial charge in [0.2, 0.25) is 0 Å². The molecular weight excluding hydrogens is 277 g/mol. The fraction of sp³-hybridized carbons (Fsp3) is 0.562. The molecule has 0 aliphatic heterocycles. The standard InChI is InChI=1S/C16H19F3N2/c1-15(2)8-4-3-5-14(15)21-13-7-6-11(10-20)9-12(13)16(17,18)19/h6-7,9,14,21H,3-5,8H2,1-2H3. The lowest BCUT2D eigenvalue weighted by Gasteiger charge is -2.40. The van der Waals surface area contributed by atoms with E-state index in [1.54, 1.807) is 6.07 Å². The van der Waals surface area contributed by atoms with Gasteiger partial charge in [-0.3, -0.25) is 0 Å². The average Bonchev–Trinajstić information content (AvgIpc) is 2.40. The maximum atomic E-state index is 13.2. The normalized spacial score (nSPS) is 21.6. The number of anilines is 1. The van der Waals surface area contributed by atoms with E-state index < -0.39 is 11.7 Å². The molecular formula is C16H19F3N2. The molecule has 0 bridgehead atoms. The van der Waals surface area contributed by atoms with Crippen LogP contribution in [0.3, 0.4) is 0 Å². The number of alkyl halides is 3. The molecule has 0 aromatic heterocycles. The number of nitrogens with one attached hydrogen (secondary N) is 1. The van der Waals surface area contributed by atoms with Gasteiger partial charge in [-0.05, 0) is 36.5 Å². The molecule has 2 rings (SSSR count). The van der Waals surface area contributed by atoms with Gasteiger partial charge in [-0.15, -0.1) is 0 Å². The second kappa shape index (κ2) is 5.59. The molecule has 0 spiro atoms. The van der Waals surface area contributed by atoms with Crippen molar-refractivity contribution in [3.63, 3.8) is 0 Å². The minimum Gasteiger partial charge on any atom is -0.381 e. The lowest BCUT2D eigenvalue weighted by atomic mass is 9.73. The maximum Gasteiger partial charge on any atom is 0.418 e. The monoisotopic (exact) mass is 296 g/mol. The lowest BCUT2D eigenvalue weighted by Crippen LogP contribution is -2.39. The van der Waals surface area contributed by atoms with Crippen LogP contribution in [0.2, 0.25) is 0 Å². The van der Waals surface area contributed by atoms with Gasteiger partial charge in [0.1, 0.15) is 0 Å². The zero-order chi connectivity index (χ0) is 15.7. The SMILES string of the molecule is CC1(C)CCCCC1Nc1ccc(C#N)cc1C(F)(F)F. The molecule has 1 aromatic carbocycles. The van der Waals surface area contributed by atoms with Gasteiger partial charge in [-0.2, -0.15) is 18.4 Å². The van der Waals surface area contributed by atoms with Crippen LogP contribution in [0.25, 0.3) is 0 Å². The van der Waals surface area contributed by atoms with Crippen molar-refractivity contribution in [2.24, 2.45) is 5.41 Å². The van der Waals surface area contributed by atoms with Crippen molar-refractivity contribution >= 4 is 5.69 Å². The Labute approximate surface area is 123 Å². The van der Waals surface area contributed by atoms with Crippen molar-refractivity contribution in [1.29, 1.82) is 5.26 Å². The second-order valence-electron chi connectivity index (χ2n) is 6.30. The summed E-state index contributed by atoms with van der Waals surface area (Å²) < 4.78 is 39.5. The van der Waals surface area contributed by atoms with Gasteiger partial charge in [0.25, 0.3) is 0 Å². The van der Waals surface area contributed by atoms with Crippen LogP contribution in [0, 0.1) is 16.7 Å². The van der Waals surface area contributed by atoms with E-state index in [0.29, 0.717) is 0 Å².